The van der Waals surface area contributed by atoms with Crippen LogP contribution in [0.1, 0.15) is 0 Å². The summed E-state index contributed by atoms with van der Waals surface area (Å²) in [4.78, 5) is 0. The molecule has 0 aromatic carbocycles. The molecular weight excluding hydrogens is 156 g/mol. The molecule has 0 radical (unpaired) electrons. The molecule has 0 fully saturated rings. The van der Waals surface area contributed by atoms with Crippen LogP contribution >= 0.6 is 32.5 Å². The minimum atomic E-state index is -0.329. The molecule has 0 unspecified atom stereocenters. The third kappa shape index (κ3) is 3.98. The molecule has 0 spiro atoms. The number of hydrogen-bond donors (Lipinski definition) is 1. The smallest absolute Gasteiger partial charge is 0.00141 e. The van der Waals surface area contributed by atoms with Gasteiger partial charge in [0.2, 0.25) is 0 Å². The summed E-state index contributed by atoms with van der Waals surface area (Å²) in [5, 5.41) is 0. The normalized spacial score (nSPS) is 14.0. The lowest BCUT2D eigenvalue weighted by atomic mass is 11.0. The number of thiol groups is 1. The maximum absolute atomic E-state index is 4.18. The third-order valence-electron chi connectivity index (χ3n) is 1.03. The highest BCUT2D eigenvalue weighted by molar-refractivity contribution is 8.93. The molecule has 0 amide bonds. The molecule has 3 heteroatoms. The van der Waals surface area contributed by atoms with Crippen LogP contribution in [0.15, 0.2) is 0 Å². The second kappa shape index (κ2) is 3.96. The van der Waals surface area contributed by atoms with Gasteiger partial charge in [-0.05, 0) is 30.3 Å². The lowest BCUT2D eigenvalue weighted by Gasteiger charge is -2.26. The predicted octanol–water partition coefficient (Wildman–Crippen LogP) is 2.26. The minimum Gasteiger partial charge on any atom is -0.198 e. The van der Waals surface area contributed by atoms with E-state index in [1.54, 1.807) is 0 Å². The van der Waals surface area contributed by atoms with E-state index in [0.717, 1.165) is 5.75 Å². The van der Waals surface area contributed by atoms with E-state index < -0.39 is 0 Å². The first-order valence-corrected chi connectivity index (χ1v) is 7.49. The van der Waals surface area contributed by atoms with Crippen LogP contribution in [0, 0.1) is 0 Å². The fourth-order valence-corrected chi connectivity index (χ4v) is 3.40. The minimum absolute atomic E-state index is 0.329. The van der Waals surface area contributed by atoms with Gasteiger partial charge in [0.25, 0.3) is 0 Å². The fraction of sp³-hybridized carbons (Fsp3) is 1.00. The second-order valence-electron chi connectivity index (χ2n) is 2.03. The average molecular weight is 170 g/mol. The summed E-state index contributed by atoms with van der Waals surface area (Å²) in [6.45, 7) is 0. The van der Waals surface area contributed by atoms with E-state index in [1.165, 1.54) is 5.75 Å². The monoisotopic (exact) mass is 170 g/mol. The Morgan fingerprint density at radius 3 is 2.12 bits per heavy atom. The Morgan fingerprint density at radius 1 is 1.50 bits per heavy atom. The van der Waals surface area contributed by atoms with E-state index in [2.05, 4.69) is 31.4 Å². The molecule has 0 heterocycles. The third-order valence-corrected chi connectivity index (χ3v) is 6.86. The molecule has 0 saturated carbocycles. The van der Waals surface area contributed by atoms with Crippen molar-refractivity contribution in [3.05, 3.63) is 0 Å². The Morgan fingerprint density at radius 2 is 2.00 bits per heavy atom. The first-order valence-electron chi connectivity index (χ1n) is 2.50. The Balaban J connectivity index is 3.37. The average Bonchev–Trinajstić information content (AvgIpc) is 1.67. The summed E-state index contributed by atoms with van der Waals surface area (Å²) in [5.74, 6) is 2.31. The molecular formula is C5H14S3. The van der Waals surface area contributed by atoms with Gasteiger partial charge < -0.3 is 0 Å². The SMILES string of the molecule is CSS(C)(C)CCS. The maximum atomic E-state index is 4.18. The summed E-state index contributed by atoms with van der Waals surface area (Å²) >= 11 is 4.18. The molecule has 0 aromatic rings. The van der Waals surface area contributed by atoms with Gasteiger partial charge in [0.15, 0.2) is 0 Å². The van der Waals surface area contributed by atoms with Crippen molar-refractivity contribution in [2.45, 2.75) is 0 Å². The van der Waals surface area contributed by atoms with E-state index in [-0.39, 0.29) is 9.06 Å². The molecule has 0 aliphatic heterocycles. The Kier molecular flexibility index (Phi) is 4.48. The topological polar surface area (TPSA) is 0 Å². The molecule has 0 aliphatic rings. The molecule has 52 valence electrons. The van der Waals surface area contributed by atoms with Gasteiger partial charge in [-0.15, -0.1) is 10.8 Å². The summed E-state index contributed by atoms with van der Waals surface area (Å²) in [6, 6.07) is 0. The van der Waals surface area contributed by atoms with E-state index in [9.17, 15) is 0 Å². The highest BCUT2D eigenvalue weighted by Gasteiger charge is 2.06. The van der Waals surface area contributed by atoms with Crippen molar-refractivity contribution in [2.75, 3.05) is 30.3 Å². The first-order chi connectivity index (χ1) is 3.62. The van der Waals surface area contributed by atoms with Gasteiger partial charge in [-0.25, -0.2) is 0 Å². The zero-order valence-electron chi connectivity index (χ0n) is 5.68. The highest BCUT2D eigenvalue weighted by atomic mass is 33.2. The van der Waals surface area contributed by atoms with Crippen molar-refractivity contribution < 1.29 is 0 Å². The van der Waals surface area contributed by atoms with Gasteiger partial charge >= 0.3 is 0 Å². The van der Waals surface area contributed by atoms with Crippen LogP contribution < -0.4 is 0 Å². The molecule has 0 aromatic heterocycles. The van der Waals surface area contributed by atoms with Crippen molar-refractivity contribution in [1.29, 1.82) is 0 Å². The zero-order valence-corrected chi connectivity index (χ0v) is 8.21. The molecule has 0 atom stereocenters. The largest absolute Gasteiger partial charge is 0.198 e. The van der Waals surface area contributed by atoms with Crippen molar-refractivity contribution in [3.63, 3.8) is 0 Å². The van der Waals surface area contributed by atoms with Gasteiger partial charge in [0.05, 0.1) is 0 Å². The highest BCUT2D eigenvalue weighted by Crippen LogP contribution is 2.51. The quantitative estimate of drug-likeness (QED) is 0.501. The summed E-state index contributed by atoms with van der Waals surface area (Å²) in [6.07, 6.45) is 6.83. The first kappa shape index (κ1) is 9.05. The van der Waals surface area contributed by atoms with Gasteiger partial charge in [-0.3, -0.25) is 0 Å². The predicted molar refractivity (Wildman–Crippen MR) is 51.7 cm³/mol. The van der Waals surface area contributed by atoms with Gasteiger partial charge in [0.1, 0.15) is 0 Å². The lowest BCUT2D eigenvalue weighted by Crippen LogP contribution is -1.96. The van der Waals surface area contributed by atoms with Crippen molar-refractivity contribution >= 4 is 32.5 Å². The number of hydrogen-bond acceptors (Lipinski definition) is 2. The Hall–Kier alpha value is 1.05. The Bertz CT molecular complexity index is 60.7. The molecule has 0 saturated heterocycles. The van der Waals surface area contributed by atoms with Gasteiger partial charge in [-0.2, -0.15) is 21.7 Å². The van der Waals surface area contributed by atoms with Crippen LogP contribution in [0.3, 0.4) is 0 Å². The van der Waals surface area contributed by atoms with Crippen molar-refractivity contribution in [2.24, 2.45) is 0 Å². The Labute approximate surface area is 62.9 Å². The summed E-state index contributed by atoms with van der Waals surface area (Å²) < 4.78 is 0. The standard InChI is InChI=1S/C5H14S3/c1-7-8(2,3)5-4-6/h6H,4-5H2,1-3H3. The van der Waals surface area contributed by atoms with E-state index >= 15 is 0 Å². The molecule has 8 heavy (non-hydrogen) atoms. The van der Waals surface area contributed by atoms with Crippen LogP contribution in [0.5, 0.6) is 0 Å². The van der Waals surface area contributed by atoms with E-state index in [0.29, 0.717) is 0 Å². The molecule has 0 rings (SSSR count). The lowest BCUT2D eigenvalue weighted by molar-refractivity contribution is 1.55. The zero-order chi connectivity index (χ0) is 6.62. The molecule has 0 aliphatic carbocycles. The summed E-state index contributed by atoms with van der Waals surface area (Å²) in [7, 11) is 1.66. The van der Waals surface area contributed by atoms with Gasteiger partial charge in [0, 0.05) is 0 Å². The van der Waals surface area contributed by atoms with E-state index in [1.807, 2.05) is 10.8 Å². The van der Waals surface area contributed by atoms with Crippen molar-refractivity contribution in [1.82, 2.24) is 0 Å². The van der Waals surface area contributed by atoms with Crippen LogP contribution in [-0.2, 0) is 0 Å². The molecule has 0 nitrogen and oxygen atoms in total. The fourth-order valence-electron chi connectivity index (χ4n) is 0.303. The van der Waals surface area contributed by atoms with E-state index in [4.69, 9.17) is 0 Å². The maximum Gasteiger partial charge on any atom is -0.00141 e. The van der Waals surface area contributed by atoms with Crippen LogP contribution in [-0.4, -0.2) is 30.3 Å². The summed E-state index contributed by atoms with van der Waals surface area (Å²) in [5.41, 5.74) is 0. The van der Waals surface area contributed by atoms with Crippen LogP contribution in [0.25, 0.3) is 0 Å². The van der Waals surface area contributed by atoms with Crippen molar-refractivity contribution in [3.8, 4) is 0 Å². The molecule has 0 bridgehead atoms. The number of rotatable bonds is 3. The van der Waals surface area contributed by atoms with Crippen LogP contribution in [0.4, 0.5) is 0 Å². The van der Waals surface area contributed by atoms with Crippen LogP contribution in [0.2, 0.25) is 0 Å². The second-order valence-corrected chi connectivity index (χ2v) is 9.80. The molecule has 0 N–H and O–H groups in total. The van der Waals surface area contributed by atoms with Gasteiger partial charge in [-0.1, -0.05) is 0 Å².